The Labute approximate surface area is 183 Å². The van der Waals surface area contributed by atoms with E-state index in [4.69, 9.17) is 9.15 Å². The average molecular weight is 447 g/mol. The first-order valence-corrected chi connectivity index (χ1v) is 10.5. The lowest BCUT2D eigenvalue weighted by Gasteiger charge is -2.33. The van der Waals surface area contributed by atoms with Gasteiger partial charge in [-0.2, -0.15) is 13.2 Å². The number of benzene rings is 2. The van der Waals surface area contributed by atoms with Crippen LogP contribution in [0.25, 0.3) is 11.0 Å². The zero-order valence-electron chi connectivity index (χ0n) is 17.8. The number of halogens is 3. The summed E-state index contributed by atoms with van der Waals surface area (Å²) in [6.45, 7) is 4.80. The highest BCUT2D eigenvalue weighted by atomic mass is 19.4. The molecule has 1 aromatic heterocycles. The van der Waals surface area contributed by atoms with E-state index in [1.54, 1.807) is 12.1 Å². The molecule has 0 amide bonds. The van der Waals surface area contributed by atoms with Crippen LogP contribution in [0.2, 0.25) is 0 Å². The minimum Gasteiger partial charge on any atom is -0.507 e. The van der Waals surface area contributed by atoms with Crippen molar-refractivity contribution in [3.63, 3.8) is 0 Å². The van der Waals surface area contributed by atoms with Crippen molar-refractivity contribution in [3.05, 3.63) is 63.5 Å². The number of aryl methyl sites for hydroxylation is 1. The Morgan fingerprint density at radius 2 is 1.88 bits per heavy atom. The number of nitrogens with zero attached hydrogens (tertiary/aromatic N) is 1. The summed E-state index contributed by atoms with van der Waals surface area (Å²) in [6.07, 6.45) is -1.97. The van der Waals surface area contributed by atoms with E-state index in [9.17, 15) is 23.1 Å². The maximum Gasteiger partial charge on any atom is 0.453 e. The maximum atomic E-state index is 13.9. The maximum absolute atomic E-state index is 13.9. The van der Waals surface area contributed by atoms with Crippen molar-refractivity contribution in [2.75, 3.05) is 6.54 Å². The molecule has 0 saturated carbocycles. The molecule has 2 aromatic carbocycles. The molecule has 32 heavy (non-hydrogen) atoms. The Balaban J connectivity index is 1.87. The number of phenols is 1. The summed E-state index contributed by atoms with van der Waals surface area (Å²) in [5, 5.41) is 10.4. The Morgan fingerprint density at radius 3 is 2.53 bits per heavy atom. The summed E-state index contributed by atoms with van der Waals surface area (Å²) in [4.78, 5) is 15.2. The molecule has 170 valence electrons. The van der Waals surface area contributed by atoms with Crippen LogP contribution in [0.3, 0.4) is 0 Å². The Bertz CT molecular complexity index is 1190. The Hall–Kier alpha value is -3.00. The van der Waals surface area contributed by atoms with E-state index in [0.717, 1.165) is 31.4 Å². The number of rotatable bonds is 4. The zero-order valence-corrected chi connectivity index (χ0v) is 17.8. The van der Waals surface area contributed by atoms with Crippen LogP contribution in [0.4, 0.5) is 13.2 Å². The summed E-state index contributed by atoms with van der Waals surface area (Å²) < 4.78 is 52.3. The van der Waals surface area contributed by atoms with Crippen molar-refractivity contribution in [1.82, 2.24) is 4.90 Å². The number of ether oxygens (including phenoxy) is 1. The van der Waals surface area contributed by atoms with Crippen molar-refractivity contribution >= 4 is 11.0 Å². The molecular weight excluding hydrogens is 423 g/mol. The summed E-state index contributed by atoms with van der Waals surface area (Å²) >= 11 is 0. The van der Waals surface area contributed by atoms with E-state index in [-0.39, 0.29) is 40.6 Å². The molecule has 0 bridgehead atoms. The van der Waals surface area contributed by atoms with Gasteiger partial charge in [0.05, 0.1) is 10.9 Å². The van der Waals surface area contributed by atoms with E-state index >= 15 is 0 Å². The van der Waals surface area contributed by atoms with Gasteiger partial charge in [0.2, 0.25) is 11.2 Å². The fourth-order valence-electron chi connectivity index (χ4n) is 4.04. The van der Waals surface area contributed by atoms with Gasteiger partial charge in [-0.05, 0) is 57.5 Å². The van der Waals surface area contributed by atoms with E-state index in [1.165, 1.54) is 24.3 Å². The number of fused-ring (bicyclic) bond motifs is 1. The van der Waals surface area contributed by atoms with Crippen LogP contribution in [-0.4, -0.2) is 22.6 Å². The monoisotopic (exact) mass is 447 g/mol. The fraction of sp³-hybridized carbons (Fsp3) is 0.375. The second-order valence-electron chi connectivity index (χ2n) is 8.26. The van der Waals surface area contributed by atoms with Gasteiger partial charge in [0.1, 0.15) is 17.1 Å². The first kappa shape index (κ1) is 22.2. The van der Waals surface area contributed by atoms with Gasteiger partial charge in [0.25, 0.3) is 5.76 Å². The second kappa shape index (κ2) is 8.50. The normalized spacial score (nSPS) is 17.6. The third-order valence-electron chi connectivity index (χ3n) is 5.90. The van der Waals surface area contributed by atoms with Gasteiger partial charge in [0.15, 0.2) is 0 Å². The van der Waals surface area contributed by atoms with Crippen LogP contribution in [0.15, 0.2) is 45.6 Å². The molecule has 1 aliphatic heterocycles. The molecule has 1 aliphatic rings. The van der Waals surface area contributed by atoms with Gasteiger partial charge in [-0.15, -0.1) is 0 Å². The lowest BCUT2D eigenvalue weighted by molar-refractivity contribution is -0.154. The molecule has 5 nitrogen and oxygen atoms in total. The van der Waals surface area contributed by atoms with Gasteiger partial charge in [-0.3, -0.25) is 9.69 Å². The number of alkyl halides is 3. The summed E-state index contributed by atoms with van der Waals surface area (Å²) in [7, 11) is 0. The number of likely N-dealkylation sites (tertiary alicyclic amines) is 1. The molecule has 0 radical (unpaired) electrons. The number of hydrogen-bond donors (Lipinski definition) is 1. The van der Waals surface area contributed by atoms with Crippen LogP contribution in [0.1, 0.15) is 43.1 Å². The first-order valence-electron chi connectivity index (χ1n) is 10.5. The molecule has 4 rings (SSSR count). The van der Waals surface area contributed by atoms with E-state index < -0.39 is 23.1 Å². The third kappa shape index (κ3) is 4.32. The lowest BCUT2D eigenvalue weighted by Crippen LogP contribution is -2.36. The number of aromatic hydroxyl groups is 1. The van der Waals surface area contributed by atoms with E-state index in [0.29, 0.717) is 0 Å². The SMILES string of the molecule is Cc1ccc(Oc2c(C(F)(F)F)oc3c(CN4CCCC[C@H]4C)c(O)ccc3c2=O)cc1. The van der Waals surface area contributed by atoms with Crippen LogP contribution in [0, 0.1) is 6.92 Å². The topological polar surface area (TPSA) is 62.9 Å². The highest BCUT2D eigenvalue weighted by molar-refractivity contribution is 5.83. The quantitative estimate of drug-likeness (QED) is 0.532. The smallest absolute Gasteiger partial charge is 0.453 e. The molecule has 2 heterocycles. The molecule has 3 aromatic rings. The number of piperidine rings is 1. The Kier molecular flexibility index (Phi) is 5.90. The zero-order chi connectivity index (χ0) is 23.0. The number of phenolic OH excluding ortho intramolecular Hbond substituents is 1. The largest absolute Gasteiger partial charge is 0.507 e. The molecule has 8 heteroatoms. The van der Waals surface area contributed by atoms with E-state index in [2.05, 4.69) is 4.90 Å². The van der Waals surface area contributed by atoms with Crippen molar-refractivity contribution in [2.24, 2.45) is 0 Å². The molecule has 0 aliphatic carbocycles. The molecule has 1 fully saturated rings. The lowest BCUT2D eigenvalue weighted by atomic mass is 10.0. The highest BCUT2D eigenvalue weighted by Gasteiger charge is 2.41. The van der Waals surface area contributed by atoms with Gasteiger partial charge in [-0.25, -0.2) is 0 Å². The summed E-state index contributed by atoms with van der Waals surface area (Å²) in [6, 6.07) is 9.09. The van der Waals surface area contributed by atoms with Gasteiger partial charge in [0, 0.05) is 12.6 Å². The molecule has 0 spiro atoms. The van der Waals surface area contributed by atoms with E-state index in [1.807, 2.05) is 13.8 Å². The first-order chi connectivity index (χ1) is 15.1. The van der Waals surface area contributed by atoms with Crippen LogP contribution < -0.4 is 10.2 Å². The standard InChI is InChI=1S/C24H24F3NO4/c1-14-6-8-16(9-7-14)31-22-20(30)17-10-11-19(29)18(13-28-12-4-3-5-15(28)2)21(17)32-23(22)24(25,26)27/h6-11,15,29H,3-5,12-13H2,1-2H3/t15-/m1/s1. The highest BCUT2D eigenvalue weighted by Crippen LogP contribution is 2.40. The minimum atomic E-state index is -4.96. The van der Waals surface area contributed by atoms with Crippen molar-refractivity contribution < 1.29 is 27.4 Å². The van der Waals surface area contributed by atoms with Crippen LogP contribution in [-0.2, 0) is 12.7 Å². The number of hydrogen-bond acceptors (Lipinski definition) is 5. The third-order valence-corrected chi connectivity index (χ3v) is 5.90. The van der Waals surface area contributed by atoms with Gasteiger partial charge >= 0.3 is 6.18 Å². The predicted molar refractivity (Wildman–Crippen MR) is 114 cm³/mol. The Morgan fingerprint density at radius 1 is 1.16 bits per heavy atom. The predicted octanol–water partition coefficient (Wildman–Crippen LogP) is 5.99. The van der Waals surface area contributed by atoms with Crippen molar-refractivity contribution in [2.45, 2.75) is 51.9 Å². The van der Waals surface area contributed by atoms with Crippen LogP contribution >= 0.6 is 0 Å². The average Bonchev–Trinajstić information content (AvgIpc) is 2.74. The summed E-state index contributed by atoms with van der Waals surface area (Å²) in [5.41, 5.74) is -0.143. The molecular formula is C24H24F3NO4. The molecule has 1 atom stereocenters. The minimum absolute atomic E-state index is 0.0717. The molecule has 1 saturated heterocycles. The van der Waals surface area contributed by atoms with Crippen LogP contribution in [0.5, 0.6) is 17.2 Å². The molecule has 0 unspecified atom stereocenters. The van der Waals surface area contributed by atoms with Gasteiger partial charge in [-0.1, -0.05) is 24.1 Å². The van der Waals surface area contributed by atoms with Gasteiger partial charge < -0.3 is 14.3 Å². The van der Waals surface area contributed by atoms with Crippen molar-refractivity contribution in [1.29, 1.82) is 0 Å². The summed E-state index contributed by atoms with van der Waals surface area (Å²) in [5.74, 6) is -2.56. The molecule has 1 N–H and O–H groups in total. The van der Waals surface area contributed by atoms with Crippen molar-refractivity contribution in [3.8, 4) is 17.2 Å². The second-order valence-corrected chi connectivity index (χ2v) is 8.26. The fourth-order valence-corrected chi connectivity index (χ4v) is 4.04.